The summed E-state index contributed by atoms with van der Waals surface area (Å²) in [4.78, 5) is 26.4. The van der Waals surface area contributed by atoms with Crippen LogP contribution in [0.1, 0.15) is 50.5 Å². The van der Waals surface area contributed by atoms with Crippen molar-refractivity contribution in [1.82, 2.24) is 14.5 Å². The first-order valence-electron chi connectivity index (χ1n) is 11.8. The lowest BCUT2D eigenvalue weighted by Crippen LogP contribution is -2.46. The molecular weight excluding hydrogens is 502 g/mol. The lowest BCUT2D eigenvalue weighted by molar-refractivity contribution is 0.0494. The zero-order valence-electron chi connectivity index (χ0n) is 21.3. The molecule has 1 aromatic carbocycles. The molecule has 9 nitrogen and oxygen atoms in total. The van der Waals surface area contributed by atoms with Crippen LogP contribution in [-0.4, -0.2) is 65.9 Å². The molecule has 1 atom stereocenters. The molecule has 0 saturated heterocycles. The molecule has 1 aromatic heterocycles. The highest BCUT2D eigenvalue weighted by Gasteiger charge is 2.25. The van der Waals surface area contributed by atoms with E-state index < -0.39 is 33.9 Å². The zero-order chi connectivity index (χ0) is 26.8. The summed E-state index contributed by atoms with van der Waals surface area (Å²) < 4.78 is 31.7. The first-order chi connectivity index (χ1) is 16.8. The molecule has 2 aromatic rings. The van der Waals surface area contributed by atoms with Crippen LogP contribution in [-0.2, 0) is 27.8 Å². The topological polar surface area (TPSA) is 116 Å². The van der Waals surface area contributed by atoms with Crippen LogP contribution in [0, 0.1) is 0 Å². The van der Waals surface area contributed by atoms with Gasteiger partial charge in [-0.05, 0) is 57.0 Å². The summed E-state index contributed by atoms with van der Waals surface area (Å²) in [5, 5.41) is 14.3. The summed E-state index contributed by atoms with van der Waals surface area (Å²) in [6.45, 7) is 6.19. The molecule has 0 aliphatic rings. The first-order valence-corrected chi connectivity index (χ1v) is 14.5. The van der Waals surface area contributed by atoms with Gasteiger partial charge in [0, 0.05) is 37.1 Å². The zero-order valence-corrected chi connectivity index (χ0v) is 23.0. The SMILES string of the molecule is CC(C)(C)OC(=O)N[C@@H](CCCCN(Cc1ccccc1)C(=O)O)CN(Cc1cccs1)S(C)(=O)=O. The number of alkyl carbamates (subject to hydrolysis) is 1. The van der Waals surface area contributed by atoms with Crippen LogP contribution >= 0.6 is 11.3 Å². The third kappa shape index (κ3) is 11.4. The highest BCUT2D eigenvalue weighted by molar-refractivity contribution is 7.88. The molecular formula is C25H37N3O6S2. The average molecular weight is 540 g/mol. The van der Waals surface area contributed by atoms with E-state index in [1.807, 2.05) is 47.8 Å². The Morgan fingerprint density at radius 2 is 1.78 bits per heavy atom. The fourth-order valence-electron chi connectivity index (χ4n) is 3.56. The number of unbranched alkanes of at least 4 members (excludes halogenated alkanes) is 1. The van der Waals surface area contributed by atoms with E-state index in [4.69, 9.17) is 4.74 Å². The van der Waals surface area contributed by atoms with Gasteiger partial charge in [0.15, 0.2) is 0 Å². The molecule has 11 heteroatoms. The van der Waals surface area contributed by atoms with E-state index in [2.05, 4.69) is 5.32 Å². The molecule has 0 bridgehead atoms. The Morgan fingerprint density at radius 3 is 2.33 bits per heavy atom. The highest BCUT2D eigenvalue weighted by Crippen LogP contribution is 2.17. The molecule has 1 heterocycles. The van der Waals surface area contributed by atoms with Gasteiger partial charge in [-0.15, -0.1) is 11.3 Å². The molecule has 0 fully saturated rings. The van der Waals surface area contributed by atoms with Gasteiger partial charge in [0.05, 0.1) is 6.26 Å². The third-order valence-electron chi connectivity index (χ3n) is 5.24. The summed E-state index contributed by atoms with van der Waals surface area (Å²) in [7, 11) is -3.53. The Morgan fingerprint density at radius 1 is 1.08 bits per heavy atom. The lowest BCUT2D eigenvalue weighted by atomic mass is 10.1. The summed E-state index contributed by atoms with van der Waals surface area (Å²) in [5.41, 5.74) is 0.211. The monoisotopic (exact) mass is 539 g/mol. The minimum atomic E-state index is -3.53. The molecule has 0 unspecified atom stereocenters. The summed E-state index contributed by atoms with van der Waals surface area (Å²) >= 11 is 1.46. The number of hydrogen-bond acceptors (Lipinski definition) is 6. The maximum absolute atomic E-state index is 12.5. The first kappa shape index (κ1) is 29.6. The lowest BCUT2D eigenvalue weighted by Gasteiger charge is -2.28. The van der Waals surface area contributed by atoms with Gasteiger partial charge in [0.1, 0.15) is 5.60 Å². The van der Waals surface area contributed by atoms with Crippen LogP contribution in [0.15, 0.2) is 47.8 Å². The normalized spacial score (nSPS) is 12.8. The molecule has 0 aliphatic heterocycles. The van der Waals surface area contributed by atoms with Gasteiger partial charge in [-0.2, -0.15) is 4.31 Å². The second kappa shape index (κ2) is 13.6. The minimum absolute atomic E-state index is 0.0859. The Labute approximate surface area is 218 Å². The number of carboxylic acid groups (broad SMARTS) is 1. The molecule has 0 saturated carbocycles. The van der Waals surface area contributed by atoms with E-state index in [1.165, 1.54) is 20.5 Å². The van der Waals surface area contributed by atoms with Crippen molar-refractivity contribution < 1.29 is 27.9 Å². The largest absolute Gasteiger partial charge is 0.465 e. The quantitative estimate of drug-likeness (QED) is 0.355. The molecule has 2 rings (SSSR count). The molecule has 0 aliphatic carbocycles. The van der Waals surface area contributed by atoms with E-state index in [0.29, 0.717) is 32.4 Å². The molecule has 2 N–H and O–H groups in total. The van der Waals surface area contributed by atoms with Crippen molar-refractivity contribution in [3.63, 3.8) is 0 Å². The number of carbonyl (C=O) groups excluding carboxylic acids is 1. The summed E-state index contributed by atoms with van der Waals surface area (Å²) in [5.74, 6) is 0. The highest BCUT2D eigenvalue weighted by atomic mass is 32.2. The Balaban J connectivity index is 2.03. The number of nitrogens with zero attached hydrogens (tertiary/aromatic N) is 2. The second-order valence-corrected chi connectivity index (χ2v) is 12.7. The fourth-order valence-corrected chi connectivity index (χ4v) is 5.19. The standard InChI is InChI=1S/C25H37N3O6S2/c1-25(2,3)34-23(29)26-21(18-28(36(4,32)33)19-22-14-10-16-35-22)13-8-9-15-27(24(30)31)17-20-11-6-5-7-12-20/h5-7,10-12,14,16,21H,8-9,13,15,17-19H2,1-4H3,(H,26,29)(H,30,31)/t21-/m0/s1. The third-order valence-corrected chi connectivity index (χ3v) is 7.32. The van der Waals surface area contributed by atoms with Crippen LogP contribution in [0.2, 0.25) is 0 Å². The number of carbonyl (C=O) groups is 2. The average Bonchev–Trinajstić information content (AvgIpc) is 3.27. The summed E-state index contributed by atoms with van der Waals surface area (Å²) in [6, 6.07) is 12.6. The maximum Gasteiger partial charge on any atom is 0.407 e. The second-order valence-electron chi connectivity index (χ2n) is 9.66. The van der Waals surface area contributed by atoms with E-state index in [0.717, 1.165) is 16.7 Å². The predicted octanol–water partition coefficient (Wildman–Crippen LogP) is 4.75. The Hall–Kier alpha value is -2.63. The predicted molar refractivity (Wildman–Crippen MR) is 141 cm³/mol. The Kier molecular flexibility index (Phi) is 11.2. The van der Waals surface area contributed by atoms with Crippen LogP contribution in [0.4, 0.5) is 9.59 Å². The molecule has 200 valence electrons. The van der Waals surface area contributed by atoms with E-state index in [1.54, 1.807) is 20.8 Å². The fraction of sp³-hybridized carbons (Fsp3) is 0.520. The number of hydrogen-bond donors (Lipinski definition) is 2. The van der Waals surface area contributed by atoms with E-state index >= 15 is 0 Å². The van der Waals surface area contributed by atoms with Crippen molar-refractivity contribution in [3.8, 4) is 0 Å². The smallest absolute Gasteiger partial charge is 0.407 e. The van der Waals surface area contributed by atoms with E-state index in [-0.39, 0.29) is 13.1 Å². The molecule has 2 amide bonds. The van der Waals surface area contributed by atoms with Gasteiger partial charge in [-0.3, -0.25) is 0 Å². The van der Waals surface area contributed by atoms with Gasteiger partial charge < -0.3 is 20.1 Å². The van der Waals surface area contributed by atoms with Crippen molar-refractivity contribution in [3.05, 3.63) is 58.3 Å². The number of benzene rings is 1. The van der Waals surface area contributed by atoms with Crippen molar-refractivity contribution in [1.29, 1.82) is 0 Å². The van der Waals surface area contributed by atoms with Gasteiger partial charge in [0.25, 0.3) is 0 Å². The molecule has 36 heavy (non-hydrogen) atoms. The minimum Gasteiger partial charge on any atom is -0.465 e. The number of amides is 2. The van der Waals surface area contributed by atoms with Gasteiger partial charge >= 0.3 is 12.2 Å². The van der Waals surface area contributed by atoms with Crippen LogP contribution in [0.3, 0.4) is 0 Å². The van der Waals surface area contributed by atoms with Crippen molar-refractivity contribution in [2.45, 2.75) is 64.8 Å². The van der Waals surface area contributed by atoms with E-state index in [9.17, 15) is 23.1 Å². The van der Waals surface area contributed by atoms with Gasteiger partial charge in [-0.25, -0.2) is 18.0 Å². The van der Waals surface area contributed by atoms with Gasteiger partial charge in [-0.1, -0.05) is 36.4 Å². The Bertz CT molecular complexity index is 1050. The maximum atomic E-state index is 12.5. The number of ether oxygens (including phenoxy) is 1. The number of thiophene rings is 1. The number of sulfonamides is 1. The molecule has 0 spiro atoms. The number of rotatable bonds is 13. The van der Waals surface area contributed by atoms with Crippen molar-refractivity contribution in [2.75, 3.05) is 19.3 Å². The molecule has 0 radical (unpaired) electrons. The van der Waals surface area contributed by atoms with Crippen LogP contribution < -0.4 is 5.32 Å². The summed E-state index contributed by atoms with van der Waals surface area (Å²) in [6.07, 6.45) is 1.16. The van der Waals surface area contributed by atoms with Crippen LogP contribution in [0.25, 0.3) is 0 Å². The van der Waals surface area contributed by atoms with Crippen molar-refractivity contribution in [2.24, 2.45) is 0 Å². The van der Waals surface area contributed by atoms with Crippen molar-refractivity contribution >= 4 is 33.5 Å². The van der Waals surface area contributed by atoms with Gasteiger partial charge in [0.2, 0.25) is 10.0 Å². The number of nitrogens with one attached hydrogen (secondary N) is 1. The van der Waals surface area contributed by atoms with Crippen LogP contribution in [0.5, 0.6) is 0 Å².